The van der Waals surface area contributed by atoms with E-state index in [0.717, 1.165) is 0 Å². The molecule has 1 aliphatic heterocycles. The van der Waals surface area contributed by atoms with Crippen molar-refractivity contribution in [2.75, 3.05) is 0 Å². The molecule has 1 saturated heterocycles. The van der Waals surface area contributed by atoms with E-state index in [2.05, 4.69) is 20.3 Å². The molecule has 1 rings (SSSR count). The second-order valence-corrected chi connectivity index (χ2v) is 2.26. The molecule has 1 heterocycles. The van der Waals surface area contributed by atoms with Gasteiger partial charge in [-0.1, -0.05) is 20.3 Å². The predicted octanol–water partition coefficient (Wildman–Crippen LogP) is 1.78. The minimum absolute atomic E-state index is 0.495. The monoisotopic (exact) mass is 113 g/mol. The summed E-state index contributed by atoms with van der Waals surface area (Å²) in [4.78, 5) is 0. The summed E-state index contributed by atoms with van der Waals surface area (Å²) in [5, 5.41) is 0. The highest BCUT2D eigenvalue weighted by Crippen LogP contribution is 2.27. The zero-order chi connectivity index (χ0) is 5.98. The van der Waals surface area contributed by atoms with Crippen LogP contribution in [0, 0.1) is 6.42 Å². The van der Waals surface area contributed by atoms with Gasteiger partial charge in [-0.05, 0) is 12.8 Å². The molecule has 8 heavy (non-hydrogen) atoms. The Labute approximate surface area is 51.0 Å². The van der Waals surface area contributed by atoms with Crippen LogP contribution in [0.3, 0.4) is 0 Å². The third kappa shape index (κ3) is 1.22. The molecule has 0 aromatic carbocycles. The first-order chi connectivity index (χ1) is 3.88. The summed E-state index contributed by atoms with van der Waals surface area (Å²) in [5.74, 6) is 0. The van der Waals surface area contributed by atoms with Crippen LogP contribution in [0.25, 0.3) is 0 Å². The van der Waals surface area contributed by atoms with Crippen molar-refractivity contribution in [3.63, 3.8) is 0 Å². The summed E-state index contributed by atoms with van der Waals surface area (Å²) in [6, 6.07) is 0. The van der Waals surface area contributed by atoms with Gasteiger partial charge in [-0.3, -0.25) is 0 Å². The molecule has 1 nitrogen and oxygen atoms in total. The summed E-state index contributed by atoms with van der Waals surface area (Å²) >= 11 is 0. The summed E-state index contributed by atoms with van der Waals surface area (Å²) in [7, 11) is 0. The molecular formula is C7H13O. The van der Waals surface area contributed by atoms with Crippen molar-refractivity contribution in [2.24, 2.45) is 0 Å². The maximum Gasteiger partial charge on any atom is 0.0870 e. The van der Waals surface area contributed by atoms with Gasteiger partial charge in [0.2, 0.25) is 0 Å². The maximum atomic E-state index is 5.25. The highest BCUT2D eigenvalue weighted by molar-refractivity contribution is 4.92. The minimum atomic E-state index is 0.495. The van der Waals surface area contributed by atoms with Gasteiger partial charge in [-0.15, -0.1) is 0 Å². The van der Waals surface area contributed by atoms with E-state index in [1.165, 1.54) is 12.8 Å². The summed E-state index contributed by atoms with van der Waals surface area (Å²) in [6.07, 6.45) is 5.67. The fourth-order valence-electron chi connectivity index (χ4n) is 0.967. The van der Waals surface area contributed by atoms with Crippen LogP contribution in [0.2, 0.25) is 0 Å². The van der Waals surface area contributed by atoms with Gasteiger partial charge < -0.3 is 4.74 Å². The number of hydrogen-bond donors (Lipinski definition) is 0. The van der Waals surface area contributed by atoms with Gasteiger partial charge >= 0.3 is 0 Å². The van der Waals surface area contributed by atoms with E-state index in [9.17, 15) is 0 Å². The van der Waals surface area contributed by atoms with Gasteiger partial charge in [0.15, 0.2) is 0 Å². The SMILES string of the molecule is C[CH]C1OC1CCC. The van der Waals surface area contributed by atoms with E-state index < -0.39 is 0 Å². The summed E-state index contributed by atoms with van der Waals surface area (Å²) in [5.41, 5.74) is 0. The first kappa shape index (κ1) is 6.09. The average Bonchev–Trinajstić information content (AvgIpc) is 2.48. The smallest absolute Gasteiger partial charge is 0.0870 e. The van der Waals surface area contributed by atoms with Crippen LogP contribution < -0.4 is 0 Å². The fourth-order valence-corrected chi connectivity index (χ4v) is 0.967. The standard InChI is InChI=1S/C7H13O/c1-3-5-7-6(4-2)8-7/h4,6-7H,3,5H2,1-2H3. The normalized spacial score (nSPS) is 35.2. The minimum Gasteiger partial charge on any atom is -0.369 e. The zero-order valence-electron chi connectivity index (χ0n) is 5.55. The van der Waals surface area contributed by atoms with Gasteiger partial charge in [-0.2, -0.15) is 0 Å². The summed E-state index contributed by atoms with van der Waals surface area (Å²) < 4.78 is 5.25. The van der Waals surface area contributed by atoms with Crippen molar-refractivity contribution in [2.45, 2.75) is 38.9 Å². The highest BCUT2D eigenvalue weighted by Gasteiger charge is 2.35. The van der Waals surface area contributed by atoms with Crippen LogP contribution in [0.4, 0.5) is 0 Å². The van der Waals surface area contributed by atoms with E-state index in [0.29, 0.717) is 12.2 Å². The Morgan fingerprint density at radius 1 is 1.62 bits per heavy atom. The van der Waals surface area contributed by atoms with Gasteiger partial charge in [0, 0.05) is 0 Å². The van der Waals surface area contributed by atoms with E-state index in [1.807, 2.05) is 0 Å². The Hall–Kier alpha value is -0.0400. The quantitative estimate of drug-likeness (QED) is 0.508. The number of hydrogen-bond acceptors (Lipinski definition) is 1. The Balaban J connectivity index is 1.99. The van der Waals surface area contributed by atoms with Crippen molar-refractivity contribution in [1.29, 1.82) is 0 Å². The van der Waals surface area contributed by atoms with Crippen molar-refractivity contribution >= 4 is 0 Å². The lowest BCUT2D eigenvalue weighted by Crippen LogP contribution is -1.90. The van der Waals surface area contributed by atoms with Gasteiger partial charge in [0.1, 0.15) is 0 Å². The van der Waals surface area contributed by atoms with Gasteiger partial charge in [0.25, 0.3) is 0 Å². The molecule has 0 aliphatic carbocycles. The third-order valence-electron chi connectivity index (χ3n) is 1.52. The molecule has 0 saturated carbocycles. The Morgan fingerprint density at radius 3 is 2.75 bits per heavy atom. The Kier molecular flexibility index (Phi) is 1.90. The molecule has 2 unspecified atom stereocenters. The van der Waals surface area contributed by atoms with E-state index in [-0.39, 0.29) is 0 Å². The Bertz CT molecular complexity index is 70.8. The fraction of sp³-hybridized carbons (Fsp3) is 0.857. The molecule has 0 aromatic heterocycles. The molecule has 47 valence electrons. The second-order valence-electron chi connectivity index (χ2n) is 2.26. The van der Waals surface area contributed by atoms with Crippen LogP contribution >= 0.6 is 0 Å². The number of epoxide rings is 1. The van der Waals surface area contributed by atoms with E-state index in [4.69, 9.17) is 4.74 Å². The van der Waals surface area contributed by atoms with E-state index in [1.54, 1.807) is 0 Å². The first-order valence-corrected chi connectivity index (χ1v) is 3.33. The molecule has 0 amide bonds. The van der Waals surface area contributed by atoms with Crippen molar-refractivity contribution in [1.82, 2.24) is 0 Å². The van der Waals surface area contributed by atoms with Gasteiger partial charge in [-0.25, -0.2) is 0 Å². The Morgan fingerprint density at radius 2 is 2.38 bits per heavy atom. The largest absolute Gasteiger partial charge is 0.369 e. The third-order valence-corrected chi connectivity index (χ3v) is 1.52. The molecule has 1 radical (unpaired) electrons. The molecule has 1 heteroatoms. The molecule has 0 spiro atoms. The lowest BCUT2D eigenvalue weighted by Gasteiger charge is -1.83. The van der Waals surface area contributed by atoms with Crippen LogP contribution in [0.1, 0.15) is 26.7 Å². The molecule has 0 bridgehead atoms. The maximum absolute atomic E-state index is 5.25. The number of rotatable bonds is 3. The lowest BCUT2D eigenvalue weighted by atomic mass is 10.2. The first-order valence-electron chi connectivity index (χ1n) is 3.33. The van der Waals surface area contributed by atoms with Crippen molar-refractivity contribution < 1.29 is 4.74 Å². The second kappa shape index (κ2) is 2.49. The molecule has 2 atom stereocenters. The molecule has 0 N–H and O–H groups in total. The molecule has 1 aliphatic rings. The molecule has 1 fully saturated rings. The topological polar surface area (TPSA) is 12.5 Å². The van der Waals surface area contributed by atoms with Crippen LogP contribution in [-0.2, 0) is 4.74 Å². The average molecular weight is 113 g/mol. The van der Waals surface area contributed by atoms with Crippen molar-refractivity contribution in [3.05, 3.63) is 6.42 Å². The predicted molar refractivity (Wildman–Crippen MR) is 33.5 cm³/mol. The molecule has 0 aromatic rings. The molecular weight excluding hydrogens is 100 g/mol. The highest BCUT2D eigenvalue weighted by atomic mass is 16.6. The number of ether oxygens (including phenoxy) is 1. The van der Waals surface area contributed by atoms with Crippen LogP contribution in [0.5, 0.6) is 0 Å². The lowest BCUT2D eigenvalue weighted by molar-refractivity contribution is 0.373. The van der Waals surface area contributed by atoms with Crippen molar-refractivity contribution in [3.8, 4) is 0 Å². The van der Waals surface area contributed by atoms with E-state index >= 15 is 0 Å². The summed E-state index contributed by atoms with van der Waals surface area (Å²) in [6.45, 7) is 4.24. The van der Waals surface area contributed by atoms with Crippen LogP contribution in [0.15, 0.2) is 0 Å². The zero-order valence-corrected chi connectivity index (χ0v) is 5.55. The van der Waals surface area contributed by atoms with Crippen LogP contribution in [-0.4, -0.2) is 12.2 Å². The van der Waals surface area contributed by atoms with Gasteiger partial charge in [0.05, 0.1) is 12.2 Å².